The van der Waals surface area contributed by atoms with Crippen molar-refractivity contribution in [1.29, 1.82) is 0 Å². The number of hydrogen-bond acceptors (Lipinski definition) is 4. The zero-order chi connectivity index (χ0) is 13.5. The van der Waals surface area contributed by atoms with E-state index in [2.05, 4.69) is 4.90 Å². The Morgan fingerprint density at radius 2 is 1.89 bits per heavy atom. The van der Waals surface area contributed by atoms with Crippen molar-refractivity contribution in [3.63, 3.8) is 0 Å². The molecule has 1 heterocycles. The molecule has 0 radical (unpaired) electrons. The summed E-state index contributed by atoms with van der Waals surface area (Å²) in [6, 6.07) is -0.0532. The average molecular weight is 257 g/mol. The van der Waals surface area contributed by atoms with E-state index >= 15 is 0 Å². The second-order valence-corrected chi connectivity index (χ2v) is 4.74. The molecule has 1 atom stereocenters. The van der Waals surface area contributed by atoms with E-state index in [1.54, 1.807) is 0 Å². The minimum absolute atomic E-state index is 0.0532. The van der Waals surface area contributed by atoms with Gasteiger partial charge in [0.1, 0.15) is 0 Å². The number of rotatable bonds is 6. The van der Waals surface area contributed by atoms with Crippen molar-refractivity contribution < 1.29 is 14.7 Å². The van der Waals surface area contributed by atoms with E-state index in [1.807, 2.05) is 11.8 Å². The first-order valence-corrected chi connectivity index (χ1v) is 6.50. The van der Waals surface area contributed by atoms with Crippen molar-refractivity contribution in [3.8, 4) is 0 Å². The number of hydrogen-bond donors (Lipinski definition) is 2. The van der Waals surface area contributed by atoms with Gasteiger partial charge in [-0.3, -0.25) is 14.5 Å². The van der Waals surface area contributed by atoms with Crippen LogP contribution in [0.15, 0.2) is 0 Å². The third-order valence-electron chi connectivity index (χ3n) is 3.33. The molecular weight excluding hydrogens is 234 g/mol. The van der Waals surface area contributed by atoms with E-state index in [0.717, 1.165) is 19.5 Å². The molecule has 6 heteroatoms. The summed E-state index contributed by atoms with van der Waals surface area (Å²) in [7, 11) is 0. The maximum absolute atomic E-state index is 11.9. The van der Waals surface area contributed by atoms with Gasteiger partial charge in [-0.1, -0.05) is 6.92 Å². The molecule has 1 unspecified atom stereocenters. The Kier molecular flexibility index (Phi) is 6.07. The largest absolute Gasteiger partial charge is 0.481 e. The molecule has 18 heavy (non-hydrogen) atoms. The van der Waals surface area contributed by atoms with Gasteiger partial charge in [-0.05, 0) is 6.42 Å². The van der Waals surface area contributed by atoms with Gasteiger partial charge in [0.05, 0.1) is 6.42 Å². The summed E-state index contributed by atoms with van der Waals surface area (Å²) in [6.07, 6.45) is 1.38. The van der Waals surface area contributed by atoms with Crippen LogP contribution in [0.4, 0.5) is 0 Å². The van der Waals surface area contributed by atoms with Crippen LogP contribution >= 0.6 is 0 Å². The van der Waals surface area contributed by atoms with E-state index in [0.29, 0.717) is 26.1 Å². The molecule has 104 valence electrons. The van der Waals surface area contributed by atoms with Crippen molar-refractivity contribution in [2.24, 2.45) is 5.73 Å². The maximum Gasteiger partial charge on any atom is 0.304 e. The lowest BCUT2D eigenvalue weighted by Gasteiger charge is -2.34. The zero-order valence-electron chi connectivity index (χ0n) is 11.0. The quantitative estimate of drug-likeness (QED) is 0.684. The van der Waals surface area contributed by atoms with Gasteiger partial charge < -0.3 is 15.7 Å². The summed E-state index contributed by atoms with van der Waals surface area (Å²) in [5.74, 6) is -0.662. The van der Waals surface area contributed by atoms with Crippen molar-refractivity contribution in [2.75, 3.05) is 32.7 Å². The molecule has 3 N–H and O–H groups in total. The van der Waals surface area contributed by atoms with Crippen LogP contribution in [-0.4, -0.2) is 65.5 Å². The van der Waals surface area contributed by atoms with E-state index in [9.17, 15) is 9.59 Å². The van der Waals surface area contributed by atoms with E-state index in [1.165, 1.54) is 0 Å². The summed E-state index contributed by atoms with van der Waals surface area (Å²) in [4.78, 5) is 26.2. The third kappa shape index (κ3) is 5.01. The first-order chi connectivity index (χ1) is 8.52. The van der Waals surface area contributed by atoms with Crippen molar-refractivity contribution in [3.05, 3.63) is 0 Å². The Bertz CT molecular complexity index is 288. The molecule has 1 rings (SSSR count). The highest BCUT2D eigenvalue weighted by atomic mass is 16.4. The molecule has 0 aromatic carbocycles. The van der Waals surface area contributed by atoms with Crippen LogP contribution in [0, 0.1) is 0 Å². The molecule has 0 aliphatic carbocycles. The highest BCUT2D eigenvalue weighted by Gasteiger charge is 2.22. The molecule has 1 aliphatic rings. The van der Waals surface area contributed by atoms with Crippen LogP contribution in [0.2, 0.25) is 0 Å². The highest BCUT2D eigenvalue weighted by Crippen LogP contribution is 2.06. The predicted molar refractivity (Wildman–Crippen MR) is 68.2 cm³/mol. The lowest BCUT2D eigenvalue weighted by atomic mass is 10.1. The SMILES string of the molecule is CCC(N)CC(=O)N1CCN(CCC(=O)O)CC1. The molecule has 6 nitrogen and oxygen atoms in total. The molecular formula is C12H23N3O3. The number of piperazine rings is 1. The van der Waals surface area contributed by atoms with Crippen molar-refractivity contribution >= 4 is 11.9 Å². The van der Waals surface area contributed by atoms with Crippen LogP contribution in [-0.2, 0) is 9.59 Å². The first-order valence-electron chi connectivity index (χ1n) is 6.50. The van der Waals surface area contributed by atoms with Crippen LogP contribution in [0.5, 0.6) is 0 Å². The number of carboxylic acids is 1. The molecule has 1 saturated heterocycles. The smallest absolute Gasteiger partial charge is 0.304 e. The summed E-state index contributed by atoms with van der Waals surface area (Å²) >= 11 is 0. The molecule has 0 aromatic rings. The topological polar surface area (TPSA) is 86.9 Å². The van der Waals surface area contributed by atoms with Gasteiger partial charge in [0.15, 0.2) is 0 Å². The molecule has 0 bridgehead atoms. The number of carbonyl (C=O) groups excluding carboxylic acids is 1. The van der Waals surface area contributed by atoms with E-state index in [-0.39, 0.29) is 18.4 Å². The number of amides is 1. The van der Waals surface area contributed by atoms with Gasteiger partial charge in [0.2, 0.25) is 5.91 Å². The summed E-state index contributed by atoms with van der Waals surface area (Å²) < 4.78 is 0. The number of carboxylic acid groups (broad SMARTS) is 1. The number of carbonyl (C=O) groups is 2. The second kappa shape index (κ2) is 7.33. The Morgan fingerprint density at radius 3 is 2.39 bits per heavy atom. The fourth-order valence-corrected chi connectivity index (χ4v) is 1.97. The third-order valence-corrected chi connectivity index (χ3v) is 3.33. The minimum Gasteiger partial charge on any atom is -0.481 e. The lowest BCUT2D eigenvalue weighted by Crippen LogP contribution is -2.49. The van der Waals surface area contributed by atoms with Gasteiger partial charge in [-0.15, -0.1) is 0 Å². The first kappa shape index (κ1) is 14.9. The van der Waals surface area contributed by atoms with Crippen LogP contribution in [0.1, 0.15) is 26.2 Å². The Morgan fingerprint density at radius 1 is 1.28 bits per heavy atom. The van der Waals surface area contributed by atoms with Crippen molar-refractivity contribution in [1.82, 2.24) is 9.80 Å². The second-order valence-electron chi connectivity index (χ2n) is 4.74. The summed E-state index contributed by atoms with van der Waals surface area (Å²) in [6.45, 7) is 5.39. The number of nitrogens with zero attached hydrogens (tertiary/aromatic N) is 2. The zero-order valence-corrected chi connectivity index (χ0v) is 11.0. The van der Waals surface area contributed by atoms with E-state index in [4.69, 9.17) is 10.8 Å². The normalized spacial score (nSPS) is 18.7. The Hall–Kier alpha value is -1.14. The minimum atomic E-state index is -0.776. The van der Waals surface area contributed by atoms with Crippen LogP contribution < -0.4 is 5.73 Å². The highest BCUT2D eigenvalue weighted by molar-refractivity contribution is 5.76. The fraction of sp³-hybridized carbons (Fsp3) is 0.833. The molecule has 1 amide bonds. The van der Waals surface area contributed by atoms with Gasteiger partial charge in [-0.2, -0.15) is 0 Å². The monoisotopic (exact) mass is 257 g/mol. The van der Waals surface area contributed by atoms with Crippen LogP contribution in [0.25, 0.3) is 0 Å². The van der Waals surface area contributed by atoms with Crippen LogP contribution in [0.3, 0.4) is 0 Å². The maximum atomic E-state index is 11.9. The Balaban J connectivity index is 2.26. The summed E-state index contributed by atoms with van der Waals surface area (Å²) in [5, 5.41) is 8.61. The van der Waals surface area contributed by atoms with Gasteiger partial charge in [0.25, 0.3) is 0 Å². The average Bonchev–Trinajstić information content (AvgIpc) is 2.36. The number of nitrogens with two attached hydrogens (primary N) is 1. The van der Waals surface area contributed by atoms with Gasteiger partial charge >= 0.3 is 5.97 Å². The molecule has 0 aromatic heterocycles. The molecule has 0 saturated carbocycles. The fourth-order valence-electron chi connectivity index (χ4n) is 1.97. The predicted octanol–water partition coefficient (Wildman–Crippen LogP) is -0.267. The molecule has 1 aliphatic heterocycles. The number of aliphatic carboxylic acids is 1. The van der Waals surface area contributed by atoms with Gasteiger partial charge in [0, 0.05) is 45.2 Å². The molecule has 0 spiro atoms. The van der Waals surface area contributed by atoms with E-state index < -0.39 is 5.97 Å². The standard InChI is InChI=1S/C12H23N3O3/c1-2-10(13)9-11(16)15-7-5-14(6-8-15)4-3-12(17)18/h10H,2-9,13H2,1H3,(H,17,18). The lowest BCUT2D eigenvalue weighted by molar-refractivity contribution is -0.138. The van der Waals surface area contributed by atoms with Crippen molar-refractivity contribution in [2.45, 2.75) is 32.2 Å². The van der Waals surface area contributed by atoms with Gasteiger partial charge in [-0.25, -0.2) is 0 Å². The Labute approximate surface area is 108 Å². The summed E-state index contributed by atoms with van der Waals surface area (Å²) in [5.41, 5.74) is 5.77. The molecule has 1 fully saturated rings.